The lowest BCUT2D eigenvalue weighted by Gasteiger charge is -2.51. The number of carboxylic acid groups (broad SMARTS) is 1. The van der Waals surface area contributed by atoms with Crippen molar-refractivity contribution >= 4 is 18.0 Å². The van der Waals surface area contributed by atoms with Crippen molar-refractivity contribution in [1.29, 1.82) is 0 Å². The standard InChI is InChI=1S/C28H32N2O5/c1-2-23(24(31)30-28-14-11-27(12-15-28,13-16-28)25(32)33)29-26(34)35-17-22-20-9-5-3-7-18(20)19-8-4-6-10-21(19)22/h3-10,22-23H,2,11-17H2,1H3,(H,29,34)(H,30,31)(H,32,33). The predicted octanol–water partition coefficient (Wildman–Crippen LogP) is 4.60. The second-order valence-corrected chi connectivity index (χ2v) is 10.3. The Morgan fingerprint density at radius 1 is 0.943 bits per heavy atom. The highest BCUT2D eigenvalue weighted by Gasteiger charge is 2.53. The third-order valence-electron chi connectivity index (χ3n) is 8.45. The molecular weight excluding hydrogens is 444 g/mol. The maximum absolute atomic E-state index is 13.1. The average Bonchev–Trinajstić information content (AvgIpc) is 3.20. The normalized spacial score (nSPS) is 25.3. The summed E-state index contributed by atoms with van der Waals surface area (Å²) in [6.45, 7) is 2.04. The van der Waals surface area contributed by atoms with Crippen molar-refractivity contribution in [2.75, 3.05) is 6.61 Å². The van der Waals surface area contributed by atoms with Crippen LogP contribution < -0.4 is 10.6 Å². The van der Waals surface area contributed by atoms with Crippen LogP contribution in [0.2, 0.25) is 0 Å². The molecule has 184 valence electrons. The maximum Gasteiger partial charge on any atom is 0.407 e. The molecule has 0 aliphatic heterocycles. The minimum absolute atomic E-state index is 0.0417. The van der Waals surface area contributed by atoms with Crippen molar-refractivity contribution in [3.05, 3.63) is 59.7 Å². The van der Waals surface area contributed by atoms with E-state index in [1.807, 2.05) is 31.2 Å². The zero-order valence-electron chi connectivity index (χ0n) is 20.0. The lowest BCUT2D eigenvalue weighted by atomic mass is 9.57. The summed E-state index contributed by atoms with van der Waals surface area (Å²) < 4.78 is 5.62. The molecule has 0 aromatic heterocycles. The van der Waals surface area contributed by atoms with E-state index in [0.29, 0.717) is 44.9 Å². The highest BCUT2D eigenvalue weighted by atomic mass is 16.5. The van der Waals surface area contributed by atoms with Gasteiger partial charge in [-0.05, 0) is 67.2 Å². The number of carboxylic acids is 1. The molecule has 35 heavy (non-hydrogen) atoms. The minimum Gasteiger partial charge on any atom is -0.481 e. The summed E-state index contributed by atoms with van der Waals surface area (Å²) in [7, 11) is 0. The van der Waals surface area contributed by atoms with Gasteiger partial charge in [0, 0.05) is 11.5 Å². The van der Waals surface area contributed by atoms with E-state index in [1.165, 1.54) is 0 Å². The van der Waals surface area contributed by atoms with Gasteiger partial charge in [0.15, 0.2) is 0 Å². The molecule has 7 heteroatoms. The quantitative estimate of drug-likeness (QED) is 0.542. The first-order valence-corrected chi connectivity index (χ1v) is 12.5. The third kappa shape index (κ3) is 4.17. The first-order chi connectivity index (χ1) is 16.9. The van der Waals surface area contributed by atoms with Crippen molar-refractivity contribution in [3.8, 4) is 11.1 Å². The topological polar surface area (TPSA) is 105 Å². The molecular formula is C28H32N2O5. The molecule has 2 aromatic rings. The van der Waals surface area contributed by atoms with Crippen LogP contribution >= 0.6 is 0 Å². The first-order valence-electron chi connectivity index (χ1n) is 12.5. The van der Waals surface area contributed by atoms with E-state index in [2.05, 4.69) is 34.9 Å². The molecule has 2 aromatic carbocycles. The number of benzene rings is 2. The molecule has 3 saturated carbocycles. The number of ether oxygens (including phenoxy) is 1. The molecule has 6 rings (SSSR count). The number of carbonyl (C=O) groups excluding carboxylic acids is 2. The van der Waals surface area contributed by atoms with E-state index in [9.17, 15) is 19.5 Å². The Morgan fingerprint density at radius 3 is 2.00 bits per heavy atom. The SMILES string of the molecule is CCC(NC(=O)OCC1c2ccccc2-c2ccccc21)C(=O)NC12CCC(C(=O)O)(CC1)CC2. The Morgan fingerprint density at radius 2 is 1.49 bits per heavy atom. The highest BCUT2D eigenvalue weighted by Crippen LogP contribution is 2.52. The Balaban J connectivity index is 1.19. The molecule has 3 N–H and O–H groups in total. The van der Waals surface area contributed by atoms with E-state index in [0.717, 1.165) is 22.3 Å². The number of fused-ring (bicyclic) bond motifs is 6. The lowest BCUT2D eigenvalue weighted by Crippen LogP contribution is -2.61. The van der Waals surface area contributed by atoms with Gasteiger partial charge in [-0.3, -0.25) is 9.59 Å². The fourth-order valence-corrected chi connectivity index (χ4v) is 6.18. The molecule has 0 radical (unpaired) electrons. The summed E-state index contributed by atoms with van der Waals surface area (Å²) in [4.78, 5) is 37.4. The largest absolute Gasteiger partial charge is 0.481 e. The van der Waals surface area contributed by atoms with Gasteiger partial charge in [-0.15, -0.1) is 0 Å². The summed E-state index contributed by atoms with van der Waals surface area (Å²) in [6, 6.07) is 15.6. The molecule has 0 saturated heterocycles. The van der Waals surface area contributed by atoms with Gasteiger partial charge in [0.25, 0.3) is 0 Å². The van der Waals surface area contributed by atoms with Crippen LogP contribution in [0, 0.1) is 5.41 Å². The van der Waals surface area contributed by atoms with Crippen LogP contribution in [0.1, 0.15) is 68.9 Å². The third-order valence-corrected chi connectivity index (χ3v) is 8.45. The number of hydrogen-bond acceptors (Lipinski definition) is 4. The first kappa shape index (κ1) is 23.4. The number of amides is 2. The second-order valence-electron chi connectivity index (χ2n) is 10.3. The summed E-state index contributed by atoms with van der Waals surface area (Å²) in [5.74, 6) is -0.994. The molecule has 4 aliphatic rings. The van der Waals surface area contributed by atoms with E-state index in [-0.39, 0.29) is 24.0 Å². The Bertz CT molecular complexity index is 1090. The van der Waals surface area contributed by atoms with E-state index in [1.54, 1.807) is 0 Å². The second kappa shape index (κ2) is 9.02. The van der Waals surface area contributed by atoms with Crippen molar-refractivity contribution in [1.82, 2.24) is 10.6 Å². The van der Waals surface area contributed by atoms with E-state index < -0.39 is 23.5 Å². The molecule has 0 spiro atoms. The summed E-state index contributed by atoms with van der Waals surface area (Å²) in [5.41, 5.74) is 3.60. The van der Waals surface area contributed by atoms with Gasteiger partial charge in [-0.2, -0.15) is 0 Å². The van der Waals surface area contributed by atoms with Crippen LogP contribution in [0.15, 0.2) is 48.5 Å². The van der Waals surface area contributed by atoms with Gasteiger partial charge in [-0.1, -0.05) is 55.5 Å². The van der Waals surface area contributed by atoms with Gasteiger partial charge >= 0.3 is 12.1 Å². The molecule has 2 amide bonds. The highest BCUT2D eigenvalue weighted by molar-refractivity contribution is 5.86. The molecule has 2 bridgehead atoms. The van der Waals surface area contributed by atoms with Crippen LogP contribution in [0.5, 0.6) is 0 Å². The number of alkyl carbamates (subject to hydrolysis) is 1. The van der Waals surface area contributed by atoms with Crippen molar-refractivity contribution < 1.29 is 24.2 Å². The Labute approximate surface area is 205 Å². The Hall–Kier alpha value is -3.35. The number of rotatable bonds is 7. The lowest BCUT2D eigenvalue weighted by molar-refractivity contribution is -0.157. The smallest absolute Gasteiger partial charge is 0.407 e. The fraction of sp³-hybridized carbons (Fsp3) is 0.464. The van der Waals surface area contributed by atoms with E-state index >= 15 is 0 Å². The monoisotopic (exact) mass is 476 g/mol. The predicted molar refractivity (Wildman–Crippen MR) is 131 cm³/mol. The molecule has 1 atom stereocenters. The minimum atomic E-state index is -0.722. The van der Waals surface area contributed by atoms with Crippen LogP contribution in [0.3, 0.4) is 0 Å². The number of hydrogen-bond donors (Lipinski definition) is 3. The van der Waals surface area contributed by atoms with Crippen molar-refractivity contribution in [2.24, 2.45) is 5.41 Å². The van der Waals surface area contributed by atoms with Gasteiger partial charge in [0.2, 0.25) is 5.91 Å². The number of carbonyl (C=O) groups is 3. The van der Waals surface area contributed by atoms with Gasteiger partial charge < -0.3 is 20.5 Å². The van der Waals surface area contributed by atoms with Gasteiger partial charge in [-0.25, -0.2) is 4.79 Å². The number of aliphatic carboxylic acids is 1. The molecule has 4 aliphatic carbocycles. The van der Waals surface area contributed by atoms with Gasteiger partial charge in [0.1, 0.15) is 12.6 Å². The summed E-state index contributed by atoms with van der Waals surface area (Å²) in [5, 5.41) is 15.5. The maximum atomic E-state index is 13.1. The molecule has 7 nitrogen and oxygen atoms in total. The summed E-state index contributed by atoms with van der Waals surface area (Å²) in [6.07, 6.45) is 3.55. The fourth-order valence-electron chi connectivity index (χ4n) is 6.18. The zero-order chi connectivity index (χ0) is 24.6. The van der Waals surface area contributed by atoms with Crippen LogP contribution in [0.25, 0.3) is 11.1 Å². The Kier molecular flexibility index (Phi) is 6.03. The van der Waals surface area contributed by atoms with Gasteiger partial charge in [0.05, 0.1) is 5.41 Å². The number of nitrogens with one attached hydrogen (secondary N) is 2. The van der Waals surface area contributed by atoms with Crippen molar-refractivity contribution in [2.45, 2.75) is 69.4 Å². The average molecular weight is 477 g/mol. The molecule has 0 heterocycles. The van der Waals surface area contributed by atoms with Crippen molar-refractivity contribution in [3.63, 3.8) is 0 Å². The summed E-state index contributed by atoms with van der Waals surface area (Å²) >= 11 is 0. The van der Waals surface area contributed by atoms with Crippen LogP contribution in [-0.4, -0.2) is 41.3 Å². The van der Waals surface area contributed by atoms with Crippen LogP contribution in [-0.2, 0) is 14.3 Å². The molecule has 3 fully saturated rings. The zero-order valence-corrected chi connectivity index (χ0v) is 20.0. The van der Waals surface area contributed by atoms with Crippen LogP contribution in [0.4, 0.5) is 4.79 Å². The van der Waals surface area contributed by atoms with E-state index in [4.69, 9.17) is 4.74 Å². The molecule has 1 unspecified atom stereocenters.